The molecule has 0 aliphatic carbocycles. The minimum Gasteiger partial charge on any atom is -0.495 e. The first-order valence-electron chi connectivity index (χ1n) is 11.7. The Labute approximate surface area is 226 Å². The number of carbonyl (C=O) groups is 1. The molecule has 1 aromatic carbocycles. The quantitative estimate of drug-likeness (QED) is 0.341. The summed E-state index contributed by atoms with van der Waals surface area (Å²) in [4.78, 5) is 26.6. The molecule has 0 radical (unpaired) electrons. The van der Waals surface area contributed by atoms with Crippen molar-refractivity contribution in [2.24, 2.45) is 0 Å². The van der Waals surface area contributed by atoms with Crippen LogP contribution in [0.3, 0.4) is 0 Å². The zero-order valence-electron chi connectivity index (χ0n) is 22.0. The predicted octanol–water partition coefficient (Wildman–Crippen LogP) is 5.50. The number of nitrogens with zero attached hydrogens (tertiary/aromatic N) is 4. The summed E-state index contributed by atoms with van der Waals surface area (Å²) in [6, 6.07) is 5.59. The van der Waals surface area contributed by atoms with E-state index in [-0.39, 0.29) is 18.2 Å². The number of pyridine rings is 1. The first-order chi connectivity index (χ1) is 17.2. The molecule has 0 aliphatic rings. The third-order valence-corrected chi connectivity index (χ3v) is 5.57. The van der Waals surface area contributed by atoms with E-state index in [0.717, 1.165) is 0 Å². The van der Waals surface area contributed by atoms with E-state index in [1.54, 1.807) is 39.0 Å². The van der Waals surface area contributed by atoms with E-state index in [1.165, 1.54) is 34.8 Å². The zero-order chi connectivity index (χ0) is 27.5. The number of hydrogen-bond acceptors (Lipinski definition) is 7. The molecule has 11 heteroatoms. The number of carbonyl (C=O) groups excluding carboxylic acids is 1. The number of rotatable bonds is 8. The highest BCUT2D eigenvalue weighted by Gasteiger charge is 2.29. The van der Waals surface area contributed by atoms with Crippen LogP contribution in [0.2, 0.25) is 10.2 Å². The van der Waals surface area contributed by atoms with E-state index in [9.17, 15) is 9.59 Å². The molecule has 0 saturated heterocycles. The molecule has 0 saturated carbocycles. The minimum atomic E-state index is -0.926. The van der Waals surface area contributed by atoms with Crippen LogP contribution in [-0.4, -0.2) is 50.4 Å². The molecule has 2 aromatic heterocycles. The summed E-state index contributed by atoms with van der Waals surface area (Å²) in [5.41, 5.74) is 0.0502. The number of aromatic nitrogens is 4. The lowest BCUT2D eigenvalue weighted by Crippen LogP contribution is -2.36. The summed E-state index contributed by atoms with van der Waals surface area (Å²) in [5, 5.41) is 8.51. The molecule has 37 heavy (non-hydrogen) atoms. The van der Waals surface area contributed by atoms with Gasteiger partial charge in [-0.3, -0.25) is 9.36 Å². The van der Waals surface area contributed by atoms with Crippen molar-refractivity contribution in [1.29, 1.82) is 0 Å². The second-order valence-corrected chi connectivity index (χ2v) is 11.3. The van der Waals surface area contributed by atoms with E-state index >= 15 is 0 Å². The van der Waals surface area contributed by atoms with Gasteiger partial charge in [-0.25, -0.2) is 9.48 Å². The summed E-state index contributed by atoms with van der Waals surface area (Å²) < 4.78 is 19.9. The van der Waals surface area contributed by atoms with Crippen LogP contribution >= 0.6 is 23.2 Å². The Balaban J connectivity index is 2.12. The van der Waals surface area contributed by atoms with Crippen molar-refractivity contribution >= 4 is 29.2 Å². The Morgan fingerprint density at radius 2 is 1.73 bits per heavy atom. The van der Waals surface area contributed by atoms with Crippen molar-refractivity contribution in [3.63, 3.8) is 0 Å². The first kappa shape index (κ1) is 28.7. The van der Waals surface area contributed by atoms with Gasteiger partial charge in [-0.05, 0) is 59.7 Å². The molecule has 0 spiro atoms. The number of ether oxygens (including phenoxy) is 3. The first-order valence-corrected chi connectivity index (χ1v) is 12.5. The Hall–Kier alpha value is -2.88. The van der Waals surface area contributed by atoms with Crippen LogP contribution in [0.25, 0.3) is 16.8 Å². The van der Waals surface area contributed by atoms with Crippen LogP contribution in [-0.2, 0) is 14.3 Å². The second kappa shape index (κ2) is 11.2. The van der Waals surface area contributed by atoms with Crippen LogP contribution in [0.4, 0.5) is 0 Å². The third-order valence-electron chi connectivity index (χ3n) is 5.17. The summed E-state index contributed by atoms with van der Waals surface area (Å²) in [6.07, 6.45) is 3.27. The van der Waals surface area contributed by atoms with E-state index in [0.29, 0.717) is 27.6 Å². The fourth-order valence-corrected chi connectivity index (χ4v) is 3.95. The van der Waals surface area contributed by atoms with Crippen LogP contribution in [0.5, 0.6) is 5.75 Å². The normalized spacial score (nSPS) is 12.9. The van der Waals surface area contributed by atoms with Crippen LogP contribution in [0.15, 0.2) is 41.5 Å². The Morgan fingerprint density at radius 1 is 1.03 bits per heavy atom. The zero-order valence-corrected chi connectivity index (χ0v) is 23.6. The topological polar surface area (TPSA) is 97.5 Å². The van der Waals surface area contributed by atoms with Gasteiger partial charge in [0.25, 0.3) is 5.56 Å². The molecule has 1 unspecified atom stereocenters. The molecule has 0 bridgehead atoms. The van der Waals surface area contributed by atoms with Gasteiger partial charge in [0.15, 0.2) is 5.15 Å². The lowest BCUT2D eigenvalue weighted by atomic mass is 10.0. The number of benzene rings is 1. The summed E-state index contributed by atoms with van der Waals surface area (Å²) in [7, 11) is 1.48. The van der Waals surface area contributed by atoms with Gasteiger partial charge in [0.1, 0.15) is 17.4 Å². The summed E-state index contributed by atoms with van der Waals surface area (Å²) in [5.74, 6) is -0.192. The average Bonchev–Trinajstić information content (AvgIpc) is 3.21. The lowest BCUT2D eigenvalue weighted by Gasteiger charge is -2.27. The molecule has 0 aliphatic heterocycles. The van der Waals surface area contributed by atoms with Crippen molar-refractivity contribution < 1.29 is 19.0 Å². The van der Waals surface area contributed by atoms with Gasteiger partial charge in [-0.2, -0.15) is 0 Å². The van der Waals surface area contributed by atoms with Crippen LogP contribution in [0.1, 0.15) is 54.0 Å². The van der Waals surface area contributed by atoms with Gasteiger partial charge in [-0.15, -0.1) is 5.10 Å². The van der Waals surface area contributed by atoms with Crippen molar-refractivity contribution in [1.82, 2.24) is 19.6 Å². The van der Waals surface area contributed by atoms with Gasteiger partial charge in [0, 0.05) is 35.2 Å². The van der Waals surface area contributed by atoms with Gasteiger partial charge in [-0.1, -0.05) is 28.4 Å². The third kappa shape index (κ3) is 7.56. The van der Waals surface area contributed by atoms with Gasteiger partial charge in [0.2, 0.25) is 0 Å². The second-order valence-electron chi connectivity index (χ2n) is 10.4. The lowest BCUT2D eigenvalue weighted by molar-refractivity contribution is -0.160. The van der Waals surface area contributed by atoms with Crippen LogP contribution < -0.4 is 10.3 Å². The Kier molecular flexibility index (Phi) is 8.72. The maximum atomic E-state index is 13.5. The summed E-state index contributed by atoms with van der Waals surface area (Å²) in [6.45, 7) is 11.3. The van der Waals surface area contributed by atoms with Gasteiger partial charge >= 0.3 is 5.97 Å². The predicted molar refractivity (Wildman–Crippen MR) is 143 cm³/mol. The molecule has 2 heterocycles. The smallest absolute Gasteiger partial charge is 0.329 e. The van der Waals surface area contributed by atoms with E-state index in [4.69, 9.17) is 37.4 Å². The fourth-order valence-electron chi connectivity index (χ4n) is 3.65. The SMILES string of the molecule is COc1cn(C(CCOC(C)(C)C)C(=O)OC(C)(C)C)c(=O)cc1-c1cc(Cl)ccc1-n1cc(Cl)nn1. The molecule has 200 valence electrons. The number of methoxy groups -OCH3 is 1. The van der Waals surface area contributed by atoms with Crippen molar-refractivity contribution in [3.05, 3.63) is 57.2 Å². The van der Waals surface area contributed by atoms with E-state index < -0.39 is 28.8 Å². The molecular formula is C26H32Cl2N4O5. The maximum Gasteiger partial charge on any atom is 0.329 e. The maximum absolute atomic E-state index is 13.5. The standard InChI is InChI=1S/C26H32Cl2N4O5/c1-25(2,3)36-11-10-20(24(34)37-26(4,5)6)31-14-21(35-7)18(13-23(31)33)17-12-16(27)8-9-19(17)32-15-22(28)29-30-32/h8-9,12-15,20H,10-11H2,1-7H3. The van der Waals surface area contributed by atoms with Crippen molar-refractivity contribution in [3.8, 4) is 22.6 Å². The fraction of sp³-hybridized carbons (Fsp3) is 0.462. The molecule has 0 amide bonds. The largest absolute Gasteiger partial charge is 0.495 e. The molecule has 9 nitrogen and oxygen atoms in total. The molecular weight excluding hydrogens is 519 g/mol. The number of halogens is 2. The molecule has 1 atom stereocenters. The molecule has 3 aromatic rings. The number of hydrogen-bond donors (Lipinski definition) is 0. The highest BCUT2D eigenvalue weighted by Crippen LogP contribution is 2.35. The Morgan fingerprint density at radius 3 is 2.30 bits per heavy atom. The van der Waals surface area contributed by atoms with Crippen molar-refractivity contribution in [2.75, 3.05) is 13.7 Å². The van der Waals surface area contributed by atoms with Gasteiger partial charge < -0.3 is 14.2 Å². The van der Waals surface area contributed by atoms with Crippen LogP contribution in [0, 0.1) is 0 Å². The molecule has 3 rings (SSSR count). The van der Waals surface area contributed by atoms with E-state index in [2.05, 4.69) is 10.3 Å². The highest BCUT2D eigenvalue weighted by atomic mass is 35.5. The summed E-state index contributed by atoms with van der Waals surface area (Å²) >= 11 is 12.3. The molecule has 0 N–H and O–H groups in total. The number of esters is 1. The van der Waals surface area contributed by atoms with E-state index in [1.807, 2.05) is 20.8 Å². The molecule has 0 fully saturated rings. The van der Waals surface area contributed by atoms with Gasteiger partial charge in [0.05, 0.1) is 30.8 Å². The highest BCUT2D eigenvalue weighted by molar-refractivity contribution is 6.31. The Bertz CT molecular complexity index is 1320. The average molecular weight is 551 g/mol. The monoisotopic (exact) mass is 550 g/mol. The minimum absolute atomic E-state index is 0.209. The van der Waals surface area contributed by atoms with Crippen molar-refractivity contribution in [2.45, 2.75) is 65.2 Å².